The number of hydrazine groups is 1. The monoisotopic (exact) mass is 293 g/mol. The van der Waals surface area contributed by atoms with Crippen molar-refractivity contribution in [3.8, 4) is 0 Å². The van der Waals surface area contributed by atoms with Gasteiger partial charge >= 0.3 is 0 Å². The minimum Gasteiger partial charge on any atom is -0.369 e. The molecule has 2 rings (SSSR count). The van der Waals surface area contributed by atoms with E-state index in [1.54, 1.807) is 6.92 Å². The third-order valence-electron chi connectivity index (χ3n) is 3.02. The molecule has 1 heterocycles. The summed E-state index contributed by atoms with van der Waals surface area (Å²) in [6.07, 6.45) is 0.475. The molecular weight excluding hydrogens is 276 g/mol. The summed E-state index contributed by atoms with van der Waals surface area (Å²) in [5, 5.41) is 3.12. The first-order valence-corrected chi connectivity index (χ1v) is 6.50. The van der Waals surface area contributed by atoms with Crippen LogP contribution in [0.3, 0.4) is 0 Å². The highest BCUT2D eigenvalue weighted by atomic mass is 19.1. The van der Waals surface area contributed by atoms with Gasteiger partial charge in [0, 0.05) is 18.2 Å². The Hall–Kier alpha value is -2.28. The number of aromatic nitrogens is 2. The van der Waals surface area contributed by atoms with Crippen LogP contribution in [0, 0.1) is 25.5 Å². The summed E-state index contributed by atoms with van der Waals surface area (Å²) in [5.74, 6) is 6.01. The number of hydrogen-bond acceptors (Lipinski definition) is 5. The summed E-state index contributed by atoms with van der Waals surface area (Å²) in [7, 11) is 0. The van der Waals surface area contributed by atoms with E-state index < -0.39 is 11.6 Å². The summed E-state index contributed by atoms with van der Waals surface area (Å²) in [4.78, 5) is 8.44. The van der Waals surface area contributed by atoms with Crippen LogP contribution >= 0.6 is 0 Å². The van der Waals surface area contributed by atoms with Crippen LogP contribution in [0.1, 0.15) is 17.0 Å². The first-order valence-electron chi connectivity index (χ1n) is 6.50. The number of rotatable bonds is 5. The lowest BCUT2D eigenvalue weighted by molar-refractivity contribution is 0.580. The summed E-state index contributed by atoms with van der Waals surface area (Å²) >= 11 is 0. The van der Waals surface area contributed by atoms with E-state index >= 15 is 0 Å². The van der Waals surface area contributed by atoms with Crippen molar-refractivity contribution in [1.82, 2.24) is 9.97 Å². The predicted octanol–water partition coefficient (Wildman–Crippen LogP) is 2.31. The fourth-order valence-corrected chi connectivity index (χ4v) is 2.02. The molecule has 0 radical (unpaired) electrons. The molecule has 4 N–H and O–H groups in total. The minimum atomic E-state index is -0.575. The van der Waals surface area contributed by atoms with Gasteiger partial charge in [-0.15, -0.1) is 0 Å². The fraction of sp³-hybridized carbons (Fsp3) is 0.286. The van der Waals surface area contributed by atoms with Crippen LogP contribution in [0.15, 0.2) is 18.2 Å². The number of halogens is 2. The van der Waals surface area contributed by atoms with Crippen LogP contribution in [0.4, 0.5) is 20.4 Å². The smallest absolute Gasteiger partial charge is 0.148 e. The molecule has 0 amide bonds. The molecule has 1 aromatic carbocycles. The van der Waals surface area contributed by atoms with Crippen molar-refractivity contribution in [2.24, 2.45) is 5.84 Å². The Morgan fingerprint density at radius 1 is 1.05 bits per heavy atom. The van der Waals surface area contributed by atoms with Gasteiger partial charge in [0.15, 0.2) is 0 Å². The van der Waals surface area contributed by atoms with Crippen molar-refractivity contribution in [3.63, 3.8) is 0 Å². The molecule has 0 saturated carbocycles. The quantitative estimate of drug-likeness (QED) is 0.582. The van der Waals surface area contributed by atoms with Crippen molar-refractivity contribution >= 4 is 11.6 Å². The Morgan fingerprint density at radius 2 is 1.67 bits per heavy atom. The maximum atomic E-state index is 13.1. The summed E-state index contributed by atoms with van der Waals surface area (Å²) in [6, 6.07) is 3.49. The normalized spacial score (nSPS) is 10.5. The highest BCUT2D eigenvalue weighted by molar-refractivity contribution is 5.56. The van der Waals surface area contributed by atoms with E-state index in [1.807, 2.05) is 6.92 Å². The van der Waals surface area contributed by atoms with Gasteiger partial charge in [-0.05, 0) is 38.0 Å². The Morgan fingerprint density at radius 3 is 2.29 bits per heavy atom. The molecule has 1 aromatic heterocycles. The molecule has 5 nitrogen and oxygen atoms in total. The van der Waals surface area contributed by atoms with Gasteiger partial charge in [0.05, 0.1) is 0 Å². The van der Waals surface area contributed by atoms with Crippen molar-refractivity contribution in [1.29, 1.82) is 0 Å². The van der Waals surface area contributed by atoms with E-state index in [9.17, 15) is 8.78 Å². The van der Waals surface area contributed by atoms with Gasteiger partial charge in [-0.25, -0.2) is 24.6 Å². The van der Waals surface area contributed by atoms with Gasteiger partial charge in [-0.3, -0.25) is 0 Å². The zero-order chi connectivity index (χ0) is 15.4. The Balaban J connectivity index is 2.05. The average Bonchev–Trinajstić information content (AvgIpc) is 2.41. The zero-order valence-corrected chi connectivity index (χ0v) is 11.9. The van der Waals surface area contributed by atoms with Gasteiger partial charge < -0.3 is 10.7 Å². The van der Waals surface area contributed by atoms with Crippen molar-refractivity contribution in [2.75, 3.05) is 17.3 Å². The maximum absolute atomic E-state index is 13.1. The van der Waals surface area contributed by atoms with Gasteiger partial charge in [0.1, 0.15) is 29.1 Å². The molecule has 0 saturated heterocycles. The van der Waals surface area contributed by atoms with Gasteiger partial charge in [-0.2, -0.15) is 0 Å². The molecule has 0 bridgehead atoms. The Bertz CT molecular complexity index is 625. The number of nitrogens with zero attached hydrogens (tertiary/aromatic N) is 2. The zero-order valence-electron chi connectivity index (χ0n) is 11.9. The van der Waals surface area contributed by atoms with E-state index in [-0.39, 0.29) is 0 Å². The molecule has 0 fully saturated rings. The molecule has 0 atom stereocenters. The highest BCUT2D eigenvalue weighted by Gasteiger charge is 2.08. The van der Waals surface area contributed by atoms with Crippen LogP contribution in [0.25, 0.3) is 0 Å². The average molecular weight is 293 g/mol. The maximum Gasteiger partial charge on any atom is 0.148 e. The molecule has 2 aromatic rings. The van der Waals surface area contributed by atoms with Crippen molar-refractivity contribution in [2.45, 2.75) is 20.3 Å². The second-order valence-electron chi connectivity index (χ2n) is 4.69. The third kappa shape index (κ3) is 3.85. The first kappa shape index (κ1) is 15.1. The second-order valence-corrected chi connectivity index (χ2v) is 4.69. The lowest BCUT2D eigenvalue weighted by atomic mass is 10.1. The number of nitrogens with two attached hydrogens (primary N) is 1. The molecule has 21 heavy (non-hydrogen) atoms. The van der Waals surface area contributed by atoms with Crippen molar-refractivity contribution in [3.05, 3.63) is 46.8 Å². The van der Waals surface area contributed by atoms with Gasteiger partial charge in [0.25, 0.3) is 0 Å². The number of nitrogens with one attached hydrogen (secondary N) is 2. The van der Waals surface area contributed by atoms with Crippen LogP contribution in [-0.2, 0) is 6.42 Å². The molecule has 0 unspecified atom stereocenters. The first-order chi connectivity index (χ1) is 9.99. The molecule has 0 aliphatic rings. The van der Waals surface area contributed by atoms with E-state index in [4.69, 9.17) is 5.84 Å². The molecule has 0 aliphatic carbocycles. The number of hydrogen-bond donors (Lipinski definition) is 3. The Kier molecular flexibility index (Phi) is 4.64. The number of benzene rings is 1. The SMILES string of the molecule is Cc1nc(NN)c(C)c(NCCc2cc(F)cc(F)c2)n1. The largest absolute Gasteiger partial charge is 0.369 e. The summed E-state index contributed by atoms with van der Waals surface area (Å²) in [5.41, 5.74) is 3.88. The second kappa shape index (κ2) is 6.45. The van der Waals surface area contributed by atoms with Crippen molar-refractivity contribution < 1.29 is 8.78 Å². The molecule has 0 aliphatic heterocycles. The Labute approximate surface area is 121 Å². The van der Waals surface area contributed by atoms with E-state index in [0.717, 1.165) is 11.6 Å². The minimum absolute atomic E-state index is 0.475. The predicted molar refractivity (Wildman–Crippen MR) is 77.9 cm³/mol. The molecule has 0 spiro atoms. The van der Waals surface area contributed by atoms with E-state index in [1.165, 1.54) is 12.1 Å². The summed E-state index contributed by atoms with van der Waals surface area (Å²) in [6.45, 7) is 4.08. The lowest BCUT2D eigenvalue weighted by Crippen LogP contribution is -2.15. The molecule has 112 valence electrons. The van der Waals surface area contributed by atoms with Gasteiger partial charge in [-0.1, -0.05) is 0 Å². The van der Waals surface area contributed by atoms with E-state index in [0.29, 0.717) is 36.0 Å². The van der Waals surface area contributed by atoms with Crippen LogP contribution < -0.4 is 16.6 Å². The molecule has 7 heteroatoms. The number of aryl methyl sites for hydroxylation is 1. The highest BCUT2D eigenvalue weighted by Crippen LogP contribution is 2.19. The summed E-state index contributed by atoms with van der Waals surface area (Å²) < 4.78 is 26.2. The topological polar surface area (TPSA) is 75.9 Å². The van der Waals surface area contributed by atoms with Crippen LogP contribution in [0.2, 0.25) is 0 Å². The third-order valence-corrected chi connectivity index (χ3v) is 3.02. The standard InChI is InChI=1S/C14H17F2N5/c1-8-13(19-9(2)20-14(8)21-17)18-4-3-10-5-11(15)7-12(16)6-10/h5-7H,3-4,17H2,1-2H3,(H2,18,19,20,21). The van der Waals surface area contributed by atoms with Crippen LogP contribution in [0.5, 0.6) is 0 Å². The fourth-order valence-electron chi connectivity index (χ4n) is 2.02. The molecular formula is C14H17F2N5. The lowest BCUT2D eigenvalue weighted by Gasteiger charge is -2.12. The number of anilines is 2. The van der Waals surface area contributed by atoms with Gasteiger partial charge in [0.2, 0.25) is 0 Å². The van der Waals surface area contributed by atoms with Crippen LogP contribution in [-0.4, -0.2) is 16.5 Å². The van der Waals surface area contributed by atoms with E-state index in [2.05, 4.69) is 20.7 Å². The number of nitrogen functional groups attached to an aromatic ring is 1.